The van der Waals surface area contributed by atoms with E-state index in [1.807, 2.05) is 0 Å². The lowest BCUT2D eigenvalue weighted by Gasteiger charge is -1.86. The first-order valence-electron chi connectivity index (χ1n) is 4.47. The van der Waals surface area contributed by atoms with Gasteiger partial charge in [0.15, 0.2) is 0 Å². The molecule has 0 aliphatic carbocycles. The van der Waals surface area contributed by atoms with Gasteiger partial charge in [0.1, 0.15) is 11.6 Å². The highest BCUT2D eigenvalue weighted by Crippen LogP contribution is 2.05. The SMILES string of the molecule is Fc1ccc(S)cc1.Fc1ccc(S)cc1. The van der Waals surface area contributed by atoms with E-state index in [0.717, 1.165) is 9.79 Å². The molecule has 0 bridgehead atoms. The number of halogens is 2. The molecule has 0 radical (unpaired) electrons. The Labute approximate surface area is 104 Å². The maximum absolute atomic E-state index is 12.1. The lowest BCUT2D eigenvalue weighted by molar-refractivity contribution is 0.626. The summed E-state index contributed by atoms with van der Waals surface area (Å²) in [5.41, 5.74) is 0. The Morgan fingerprint density at radius 2 is 0.812 bits per heavy atom. The number of hydrogen-bond acceptors (Lipinski definition) is 2. The topological polar surface area (TPSA) is 0 Å². The van der Waals surface area contributed by atoms with E-state index in [0.29, 0.717) is 0 Å². The summed E-state index contributed by atoms with van der Waals surface area (Å²) in [6.45, 7) is 0. The molecule has 0 aliphatic heterocycles. The summed E-state index contributed by atoms with van der Waals surface area (Å²) in [6.07, 6.45) is 0. The van der Waals surface area contributed by atoms with Crippen LogP contribution in [0, 0.1) is 11.6 Å². The molecule has 4 heteroatoms. The van der Waals surface area contributed by atoms with Crippen molar-refractivity contribution in [2.24, 2.45) is 0 Å². The molecule has 0 amide bonds. The zero-order valence-electron chi connectivity index (χ0n) is 8.27. The van der Waals surface area contributed by atoms with Crippen molar-refractivity contribution in [3.63, 3.8) is 0 Å². The number of thiol groups is 2. The molecule has 84 valence electrons. The van der Waals surface area contributed by atoms with E-state index in [9.17, 15) is 8.78 Å². The molecule has 2 aromatic rings. The Morgan fingerprint density at radius 3 is 1.00 bits per heavy atom. The van der Waals surface area contributed by atoms with Crippen LogP contribution in [0.2, 0.25) is 0 Å². The fraction of sp³-hybridized carbons (Fsp3) is 0. The smallest absolute Gasteiger partial charge is 0.123 e. The molecular weight excluding hydrogens is 246 g/mol. The first kappa shape index (κ1) is 13.1. The molecule has 0 spiro atoms. The molecule has 2 rings (SSSR count). The Kier molecular flexibility index (Phi) is 5.35. The van der Waals surface area contributed by atoms with Crippen molar-refractivity contribution in [2.75, 3.05) is 0 Å². The van der Waals surface area contributed by atoms with Crippen molar-refractivity contribution in [3.8, 4) is 0 Å². The standard InChI is InChI=1S/2C6H5FS/c2*7-5-1-3-6(8)4-2-5/h2*1-4,8H. The highest BCUT2D eigenvalue weighted by Gasteiger charge is 1.84. The van der Waals surface area contributed by atoms with E-state index >= 15 is 0 Å². The largest absolute Gasteiger partial charge is 0.207 e. The van der Waals surface area contributed by atoms with E-state index < -0.39 is 0 Å². The first-order valence-corrected chi connectivity index (χ1v) is 5.36. The Hall–Kier alpha value is -1.00. The average Bonchev–Trinajstić information content (AvgIpc) is 2.28. The van der Waals surface area contributed by atoms with Crippen LogP contribution >= 0.6 is 25.3 Å². The molecule has 0 aromatic heterocycles. The van der Waals surface area contributed by atoms with E-state index in [1.54, 1.807) is 24.3 Å². The molecule has 0 nitrogen and oxygen atoms in total. The van der Waals surface area contributed by atoms with Gasteiger partial charge in [-0.1, -0.05) is 0 Å². The minimum atomic E-state index is -0.220. The van der Waals surface area contributed by atoms with Gasteiger partial charge in [-0.05, 0) is 48.5 Å². The third-order valence-corrected chi connectivity index (χ3v) is 2.25. The third-order valence-electron chi connectivity index (χ3n) is 1.65. The molecule has 0 aliphatic rings. The number of hydrogen-bond donors (Lipinski definition) is 2. The van der Waals surface area contributed by atoms with Crippen molar-refractivity contribution in [3.05, 3.63) is 60.2 Å². The minimum Gasteiger partial charge on any atom is -0.207 e. The van der Waals surface area contributed by atoms with E-state index in [2.05, 4.69) is 25.3 Å². The summed E-state index contributed by atoms with van der Waals surface area (Å²) in [6, 6.07) is 11.9. The molecule has 0 N–H and O–H groups in total. The molecule has 0 fully saturated rings. The van der Waals surface area contributed by atoms with Gasteiger partial charge >= 0.3 is 0 Å². The van der Waals surface area contributed by atoms with Crippen LogP contribution in [0.25, 0.3) is 0 Å². The summed E-state index contributed by atoms with van der Waals surface area (Å²) < 4.78 is 24.1. The Balaban J connectivity index is 0.000000160. The Morgan fingerprint density at radius 1 is 0.562 bits per heavy atom. The second-order valence-electron chi connectivity index (χ2n) is 2.95. The molecule has 0 saturated carbocycles. The van der Waals surface area contributed by atoms with Gasteiger partial charge in [0.2, 0.25) is 0 Å². The Bertz CT molecular complexity index is 338. The van der Waals surface area contributed by atoms with Gasteiger partial charge in [-0.2, -0.15) is 0 Å². The van der Waals surface area contributed by atoms with Crippen LogP contribution in [0.15, 0.2) is 58.3 Å². The van der Waals surface area contributed by atoms with Gasteiger partial charge < -0.3 is 0 Å². The van der Waals surface area contributed by atoms with Gasteiger partial charge in [0.25, 0.3) is 0 Å². The number of benzene rings is 2. The summed E-state index contributed by atoms with van der Waals surface area (Å²) in [5, 5.41) is 0. The molecule has 0 atom stereocenters. The van der Waals surface area contributed by atoms with Crippen molar-refractivity contribution in [1.82, 2.24) is 0 Å². The molecular formula is C12H10F2S2. The van der Waals surface area contributed by atoms with Gasteiger partial charge in [-0.15, -0.1) is 25.3 Å². The maximum Gasteiger partial charge on any atom is 0.123 e. The van der Waals surface area contributed by atoms with Crippen LogP contribution in [0.4, 0.5) is 8.78 Å². The van der Waals surface area contributed by atoms with Crippen LogP contribution in [0.5, 0.6) is 0 Å². The highest BCUT2D eigenvalue weighted by atomic mass is 32.1. The summed E-state index contributed by atoms with van der Waals surface area (Å²) in [4.78, 5) is 1.57. The van der Waals surface area contributed by atoms with Gasteiger partial charge in [0, 0.05) is 9.79 Å². The normalized spacial score (nSPS) is 9.25. The molecule has 16 heavy (non-hydrogen) atoms. The second-order valence-corrected chi connectivity index (χ2v) is 3.99. The summed E-state index contributed by atoms with van der Waals surface area (Å²) in [7, 11) is 0. The lowest BCUT2D eigenvalue weighted by Crippen LogP contribution is -1.68. The average molecular weight is 256 g/mol. The quantitative estimate of drug-likeness (QED) is 0.648. The third kappa shape index (κ3) is 5.19. The van der Waals surface area contributed by atoms with Crippen LogP contribution < -0.4 is 0 Å². The first-order chi connectivity index (χ1) is 7.58. The molecule has 0 saturated heterocycles. The van der Waals surface area contributed by atoms with Gasteiger partial charge in [0.05, 0.1) is 0 Å². The van der Waals surface area contributed by atoms with Crippen molar-refractivity contribution in [1.29, 1.82) is 0 Å². The minimum absolute atomic E-state index is 0.220. The van der Waals surface area contributed by atoms with Crippen LogP contribution in [0.1, 0.15) is 0 Å². The second kappa shape index (κ2) is 6.55. The predicted molar refractivity (Wildman–Crippen MR) is 67.3 cm³/mol. The zero-order chi connectivity index (χ0) is 12.0. The number of rotatable bonds is 0. The van der Waals surface area contributed by atoms with Crippen molar-refractivity contribution < 1.29 is 8.78 Å². The van der Waals surface area contributed by atoms with Crippen molar-refractivity contribution in [2.45, 2.75) is 9.79 Å². The van der Waals surface area contributed by atoms with E-state index in [4.69, 9.17) is 0 Å². The van der Waals surface area contributed by atoms with Crippen molar-refractivity contribution >= 4 is 25.3 Å². The fourth-order valence-electron chi connectivity index (χ4n) is 0.882. The van der Waals surface area contributed by atoms with E-state index in [-0.39, 0.29) is 11.6 Å². The highest BCUT2D eigenvalue weighted by molar-refractivity contribution is 7.80. The van der Waals surface area contributed by atoms with Gasteiger partial charge in [-0.25, -0.2) is 8.78 Å². The summed E-state index contributed by atoms with van der Waals surface area (Å²) >= 11 is 7.93. The van der Waals surface area contributed by atoms with Gasteiger partial charge in [-0.3, -0.25) is 0 Å². The van der Waals surface area contributed by atoms with Crippen LogP contribution in [-0.2, 0) is 0 Å². The fourth-order valence-corrected chi connectivity index (χ4v) is 1.18. The zero-order valence-corrected chi connectivity index (χ0v) is 10.1. The molecule has 0 unspecified atom stereocenters. The molecule has 0 heterocycles. The van der Waals surface area contributed by atoms with Crippen LogP contribution in [0.3, 0.4) is 0 Å². The predicted octanol–water partition coefficient (Wildman–Crippen LogP) is 4.23. The maximum atomic E-state index is 12.1. The summed E-state index contributed by atoms with van der Waals surface area (Å²) in [5.74, 6) is -0.439. The van der Waals surface area contributed by atoms with E-state index in [1.165, 1.54) is 24.3 Å². The monoisotopic (exact) mass is 256 g/mol. The molecule has 2 aromatic carbocycles. The van der Waals surface area contributed by atoms with Crippen LogP contribution in [-0.4, -0.2) is 0 Å². The lowest BCUT2D eigenvalue weighted by atomic mass is 10.4.